The van der Waals surface area contributed by atoms with Gasteiger partial charge >= 0.3 is 0 Å². The second-order valence-electron chi connectivity index (χ2n) is 11.6. The van der Waals surface area contributed by atoms with E-state index in [9.17, 15) is 18.0 Å². The number of nitrogens with one attached hydrogen (secondary N) is 1. The molecule has 0 saturated heterocycles. The van der Waals surface area contributed by atoms with Crippen LogP contribution in [0.1, 0.15) is 59.9 Å². The Morgan fingerprint density at radius 1 is 0.881 bits per heavy atom. The van der Waals surface area contributed by atoms with Crippen molar-refractivity contribution in [3.05, 3.63) is 101 Å². The van der Waals surface area contributed by atoms with E-state index in [-0.39, 0.29) is 18.5 Å². The number of nitrogens with zero attached hydrogens (tertiary/aromatic N) is 2. The second kappa shape index (κ2) is 14.0. The van der Waals surface area contributed by atoms with Crippen LogP contribution in [0.3, 0.4) is 0 Å². The van der Waals surface area contributed by atoms with E-state index in [1.54, 1.807) is 17.0 Å². The predicted molar refractivity (Wildman–Crippen MR) is 169 cm³/mol. The minimum Gasteiger partial charge on any atom is -0.352 e. The highest BCUT2D eigenvalue weighted by molar-refractivity contribution is 7.92. The Bertz CT molecular complexity index is 1460. The van der Waals surface area contributed by atoms with Crippen LogP contribution in [0.2, 0.25) is 0 Å². The topological polar surface area (TPSA) is 86.8 Å². The number of benzene rings is 3. The van der Waals surface area contributed by atoms with E-state index in [4.69, 9.17) is 0 Å². The lowest BCUT2D eigenvalue weighted by Gasteiger charge is -2.35. The number of hydrogen-bond acceptors (Lipinski definition) is 4. The number of carbonyl (C=O) groups is 2. The van der Waals surface area contributed by atoms with Crippen LogP contribution in [-0.2, 0) is 32.6 Å². The lowest BCUT2D eigenvalue weighted by molar-refractivity contribution is -0.140. The van der Waals surface area contributed by atoms with Crippen LogP contribution >= 0.6 is 0 Å². The summed E-state index contributed by atoms with van der Waals surface area (Å²) in [4.78, 5) is 29.9. The Balaban J connectivity index is 1.74. The minimum atomic E-state index is -3.80. The molecule has 224 valence electrons. The Hall–Kier alpha value is -3.65. The normalized spacial score (nSPS) is 14.7. The SMILES string of the molecule is Cc1cc(C)cc(N(CC(=O)N(Cc2ccccc2C)[C@@H](Cc2ccccc2)C(=O)NC2CCCCC2)S(C)(=O)=O)c1. The van der Waals surface area contributed by atoms with E-state index in [0.29, 0.717) is 12.1 Å². The lowest BCUT2D eigenvalue weighted by atomic mass is 9.94. The van der Waals surface area contributed by atoms with E-state index < -0.39 is 28.5 Å². The van der Waals surface area contributed by atoms with Gasteiger partial charge in [-0.3, -0.25) is 13.9 Å². The summed E-state index contributed by atoms with van der Waals surface area (Å²) in [6, 6.07) is 22.2. The first-order valence-electron chi connectivity index (χ1n) is 14.8. The monoisotopic (exact) mass is 589 g/mol. The van der Waals surface area contributed by atoms with E-state index in [2.05, 4.69) is 5.32 Å². The highest BCUT2D eigenvalue weighted by atomic mass is 32.2. The number of sulfonamides is 1. The van der Waals surface area contributed by atoms with Crippen molar-refractivity contribution < 1.29 is 18.0 Å². The summed E-state index contributed by atoms with van der Waals surface area (Å²) in [7, 11) is -3.80. The summed E-state index contributed by atoms with van der Waals surface area (Å²) >= 11 is 0. The summed E-state index contributed by atoms with van der Waals surface area (Å²) in [5, 5.41) is 3.24. The standard InChI is InChI=1S/C34H43N3O4S/c1-25-19-26(2)21-31(20-25)37(42(4,40)41)24-33(38)36(23-29-16-12-11-13-27(29)3)32(22-28-14-7-5-8-15-28)34(39)35-30-17-9-6-10-18-30/h5,7-8,11-16,19-21,30,32H,6,9-10,17-18,22-24H2,1-4H3,(H,35,39)/t32-/m0/s1. The zero-order valence-corrected chi connectivity index (χ0v) is 26.0. The number of hydrogen-bond donors (Lipinski definition) is 1. The number of amides is 2. The van der Waals surface area contributed by atoms with Crippen LogP contribution in [-0.4, -0.2) is 50.0 Å². The second-order valence-corrected chi connectivity index (χ2v) is 13.5. The fourth-order valence-electron chi connectivity index (χ4n) is 5.78. The molecule has 0 radical (unpaired) electrons. The number of anilines is 1. The quantitative estimate of drug-likeness (QED) is 0.322. The maximum absolute atomic E-state index is 14.3. The molecule has 0 heterocycles. The fourth-order valence-corrected chi connectivity index (χ4v) is 6.61. The van der Waals surface area contributed by atoms with Crippen LogP contribution in [0.4, 0.5) is 5.69 Å². The van der Waals surface area contributed by atoms with Crippen molar-refractivity contribution in [3.8, 4) is 0 Å². The molecular weight excluding hydrogens is 546 g/mol. The Morgan fingerprint density at radius 3 is 2.12 bits per heavy atom. The van der Waals surface area contributed by atoms with Crippen molar-refractivity contribution >= 4 is 27.5 Å². The molecular formula is C34H43N3O4S. The molecule has 0 bridgehead atoms. The largest absolute Gasteiger partial charge is 0.352 e. The first-order chi connectivity index (χ1) is 20.0. The van der Waals surface area contributed by atoms with E-state index in [1.165, 1.54) is 0 Å². The van der Waals surface area contributed by atoms with Gasteiger partial charge in [0.25, 0.3) is 0 Å². The smallest absolute Gasteiger partial charge is 0.244 e. The molecule has 1 saturated carbocycles. The molecule has 42 heavy (non-hydrogen) atoms. The third-order valence-electron chi connectivity index (χ3n) is 8.00. The molecule has 1 aliphatic carbocycles. The highest BCUT2D eigenvalue weighted by Crippen LogP contribution is 2.24. The highest BCUT2D eigenvalue weighted by Gasteiger charge is 2.34. The molecule has 0 aliphatic heterocycles. The van der Waals surface area contributed by atoms with Gasteiger partial charge in [0.2, 0.25) is 21.8 Å². The lowest BCUT2D eigenvalue weighted by Crippen LogP contribution is -2.55. The van der Waals surface area contributed by atoms with Gasteiger partial charge in [0, 0.05) is 19.0 Å². The maximum atomic E-state index is 14.3. The van der Waals surface area contributed by atoms with Crippen LogP contribution < -0.4 is 9.62 Å². The minimum absolute atomic E-state index is 0.0720. The zero-order valence-electron chi connectivity index (χ0n) is 25.2. The van der Waals surface area contributed by atoms with Gasteiger partial charge in [-0.25, -0.2) is 8.42 Å². The summed E-state index contributed by atoms with van der Waals surface area (Å²) in [5.74, 6) is -0.632. The van der Waals surface area contributed by atoms with Crippen LogP contribution in [0.25, 0.3) is 0 Å². The molecule has 7 nitrogen and oxygen atoms in total. The molecule has 0 aromatic heterocycles. The van der Waals surface area contributed by atoms with Crippen LogP contribution in [0.5, 0.6) is 0 Å². The van der Waals surface area contributed by atoms with Gasteiger partial charge in [-0.2, -0.15) is 0 Å². The third-order valence-corrected chi connectivity index (χ3v) is 9.14. The molecule has 3 aromatic rings. The van der Waals surface area contributed by atoms with Crippen molar-refractivity contribution in [1.29, 1.82) is 0 Å². The van der Waals surface area contributed by atoms with E-state index in [1.807, 2.05) is 81.4 Å². The van der Waals surface area contributed by atoms with Gasteiger partial charge in [0.1, 0.15) is 12.6 Å². The number of rotatable bonds is 11. The molecule has 1 aliphatic rings. The first-order valence-corrected chi connectivity index (χ1v) is 16.6. The van der Waals surface area contributed by atoms with Gasteiger partial charge in [0.15, 0.2) is 0 Å². The van der Waals surface area contributed by atoms with Crippen molar-refractivity contribution in [2.24, 2.45) is 0 Å². The molecule has 1 fully saturated rings. The molecule has 0 spiro atoms. The zero-order chi connectivity index (χ0) is 30.3. The third kappa shape index (κ3) is 8.44. The van der Waals surface area contributed by atoms with E-state index >= 15 is 0 Å². The first kappa shape index (κ1) is 31.3. The number of carbonyl (C=O) groups excluding carboxylic acids is 2. The Kier molecular flexibility index (Phi) is 10.4. The summed E-state index contributed by atoms with van der Waals surface area (Å²) < 4.78 is 27.3. The predicted octanol–water partition coefficient (Wildman–Crippen LogP) is 5.47. The van der Waals surface area contributed by atoms with Crippen molar-refractivity contribution in [2.45, 2.75) is 77.9 Å². The molecule has 1 N–H and O–H groups in total. The van der Waals surface area contributed by atoms with Crippen LogP contribution in [0.15, 0.2) is 72.8 Å². The molecule has 1 atom stereocenters. The van der Waals surface area contributed by atoms with E-state index in [0.717, 1.165) is 70.5 Å². The van der Waals surface area contributed by atoms with Gasteiger partial charge in [-0.05, 0) is 73.6 Å². The van der Waals surface area contributed by atoms with Gasteiger partial charge in [0.05, 0.1) is 11.9 Å². The van der Waals surface area contributed by atoms with Crippen molar-refractivity contribution in [2.75, 3.05) is 17.1 Å². The number of aryl methyl sites for hydroxylation is 3. The molecule has 0 unspecified atom stereocenters. The average Bonchev–Trinajstić information content (AvgIpc) is 2.94. The Labute approximate surface area is 251 Å². The molecule has 8 heteroatoms. The summed E-state index contributed by atoms with van der Waals surface area (Å²) in [5.41, 5.74) is 5.07. The summed E-state index contributed by atoms with van der Waals surface area (Å²) in [6.45, 7) is 5.55. The van der Waals surface area contributed by atoms with Crippen molar-refractivity contribution in [3.63, 3.8) is 0 Å². The van der Waals surface area contributed by atoms with Crippen LogP contribution in [0, 0.1) is 20.8 Å². The molecule has 2 amide bonds. The average molecular weight is 590 g/mol. The molecule has 3 aromatic carbocycles. The van der Waals surface area contributed by atoms with Crippen molar-refractivity contribution in [1.82, 2.24) is 10.2 Å². The fraction of sp³-hybridized carbons (Fsp3) is 0.412. The summed E-state index contributed by atoms with van der Waals surface area (Å²) in [6.07, 6.45) is 6.57. The Morgan fingerprint density at radius 2 is 1.50 bits per heavy atom. The maximum Gasteiger partial charge on any atom is 0.244 e. The van der Waals surface area contributed by atoms with Gasteiger partial charge < -0.3 is 10.2 Å². The molecule has 4 rings (SSSR count). The van der Waals surface area contributed by atoms with Gasteiger partial charge in [-0.1, -0.05) is 79.9 Å². The van der Waals surface area contributed by atoms with Gasteiger partial charge in [-0.15, -0.1) is 0 Å².